The topological polar surface area (TPSA) is 16.1 Å². The van der Waals surface area contributed by atoms with Crippen LogP contribution in [0.4, 0.5) is 17.1 Å². The van der Waals surface area contributed by atoms with Crippen LogP contribution >= 0.6 is 11.3 Å². The molecule has 268 valence electrons. The molecule has 1 aliphatic carbocycles. The first-order chi connectivity index (χ1) is 28.3. The molecule has 10 aromatic rings. The maximum Gasteiger partial charge on any atom is 0.124 e. The van der Waals surface area contributed by atoms with Crippen LogP contribution in [-0.4, -0.2) is 4.98 Å². The Kier molecular flexibility index (Phi) is 7.94. The summed E-state index contributed by atoms with van der Waals surface area (Å²) in [7, 11) is 0. The highest BCUT2D eigenvalue weighted by Gasteiger charge is 2.46. The lowest BCUT2D eigenvalue weighted by Crippen LogP contribution is -2.28. The van der Waals surface area contributed by atoms with Crippen molar-refractivity contribution in [3.05, 3.63) is 241 Å². The average Bonchev–Trinajstić information content (AvgIpc) is 3.85. The van der Waals surface area contributed by atoms with Gasteiger partial charge in [-0.2, -0.15) is 0 Å². The molecule has 3 heteroatoms. The zero-order chi connectivity index (χ0) is 37.8. The van der Waals surface area contributed by atoms with E-state index in [1.165, 1.54) is 55.3 Å². The largest absolute Gasteiger partial charge is 0.310 e. The number of rotatable bonds is 7. The van der Waals surface area contributed by atoms with E-state index in [2.05, 4.69) is 223 Å². The number of anilines is 3. The third-order valence-electron chi connectivity index (χ3n) is 11.6. The number of nitrogens with zero attached hydrogens (tertiary/aromatic N) is 2. The van der Waals surface area contributed by atoms with Gasteiger partial charge in [0.25, 0.3) is 0 Å². The van der Waals surface area contributed by atoms with E-state index in [4.69, 9.17) is 4.98 Å². The van der Waals surface area contributed by atoms with Crippen molar-refractivity contribution in [2.45, 2.75) is 5.41 Å². The van der Waals surface area contributed by atoms with E-state index >= 15 is 0 Å². The Labute approximate surface area is 336 Å². The fourth-order valence-electron chi connectivity index (χ4n) is 9.04. The Balaban J connectivity index is 1.12. The zero-order valence-electron chi connectivity index (χ0n) is 31.1. The van der Waals surface area contributed by atoms with Crippen molar-refractivity contribution in [1.82, 2.24) is 4.98 Å². The number of fused-ring (bicyclic) bond motifs is 5. The number of hydrogen-bond donors (Lipinski definition) is 0. The van der Waals surface area contributed by atoms with Gasteiger partial charge in [0, 0.05) is 22.6 Å². The first kappa shape index (κ1) is 33.3. The molecule has 0 fully saturated rings. The van der Waals surface area contributed by atoms with E-state index in [1.807, 2.05) is 0 Å². The highest BCUT2D eigenvalue weighted by molar-refractivity contribution is 7.21. The van der Waals surface area contributed by atoms with Crippen molar-refractivity contribution in [1.29, 1.82) is 0 Å². The SMILES string of the molecule is c1ccc(-c2nc3ccc(N(c4ccc(-c5cccc6ccccc56)cc4)c4ccc5c(c4)C(c4ccccc4)(c4ccccc4)c4ccccc4-5)cc3s2)cc1. The maximum absolute atomic E-state index is 5.06. The lowest BCUT2D eigenvalue weighted by Gasteiger charge is -2.35. The molecular weight excluding hydrogens is 709 g/mol. The molecule has 0 N–H and O–H groups in total. The van der Waals surface area contributed by atoms with Gasteiger partial charge in [0.1, 0.15) is 5.01 Å². The van der Waals surface area contributed by atoms with Crippen LogP contribution in [0, 0.1) is 0 Å². The summed E-state index contributed by atoms with van der Waals surface area (Å²) in [5.74, 6) is 0. The van der Waals surface area contributed by atoms with Crippen LogP contribution in [0.1, 0.15) is 22.3 Å². The fraction of sp³-hybridized carbons (Fsp3) is 0.0185. The summed E-state index contributed by atoms with van der Waals surface area (Å²) in [4.78, 5) is 7.47. The molecule has 0 bridgehead atoms. The standard InChI is InChI=1S/C54H36N2S/c1-4-16-39(17-5-1)53-55-51-34-32-44(36-52(51)57-53)56(42-29-27-38(28-30-42)46-25-14-18-37-15-10-11-23-45(37)46)43-31-33-48-47-24-12-13-26-49(47)54(50(48)35-43,40-19-6-2-7-20-40)41-21-8-3-9-22-41/h1-36H. The van der Waals surface area contributed by atoms with Crippen LogP contribution in [0.5, 0.6) is 0 Å². The minimum atomic E-state index is -0.499. The van der Waals surface area contributed by atoms with Crippen molar-refractivity contribution < 1.29 is 0 Å². The van der Waals surface area contributed by atoms with Crippen LogP contribution in [0.2, 0.25) is 0 Å². The molecule has 57 heavy (non-hydrogen) atoms. The normalized spacial score (nSPS) is 12.7. The maximum atomic E-state index is 5.06. The van der Waals surface area contributed by atoms with Crippen LogP contribution in [0.3, 0.4) is 0 Å². The molecule has 0 spiro atoms. The predicted molar refractivity (Wildman–Crippen MR) is 240 cm³/mol. The van der Waals surface area contributed by atoms with Gasteiger partial charge in [0.05, 0.1) is 15.6 Å². The zero-order valence-corrected chi connectivity index (χ0v) is 31.9. The Morgan fingerprint density at radius 2 is 0.982 bits per heavy atom. The van der Waals surface area contributed by atoms with Gasteiger partial charge in [0.2, 0.25) is 0 Å². The predicted octanol–water partition coefficient (Wildman–Crippen LogP) is 14.6. The summed E-state index contributed by atoms with van der Waals surface area (Å²) in [6, 6.07) is 79.6. The molecule has 1 aliphatic rings. The molecule has 0 radical (unpaired) electrons. The fourth-order valence-corrected chi connectivity index (χ4v) is 10.0. The van der Waals surface area contributed by atoms with Crippen molar-refractivity contribution >= 4 is 49.4 Å². The summed E-state index contributed by atoms with van der Waals surface area (Å²) < 4.78 is 1.15. The van der Waals surface area contributed by atoms with E-state index in [0.717, 1.165) is 37.8 Å². The molecule has 1 aromatic heterocycles. The highest BCUT2D eigenvalue weighted by atomic mass is 32.1. The van der Waals surface area contributed by atoms with Gasteiger partial charge in [-0.05, 0) is 97.7 Å². The summed E-state index contributed by atoms with van der Waals surface area (Å²) in [6.07, 6.45) is 0. The number of benzene rings is 9. The van der Waals surface area contributed by atoms with Crippen molar-refractivity contribution in [3.8, 4) is 32.8 Å². The molecule has 0 saturated carbocycles. The van der Waals surface area contributed by atoms with Gasteiger partial charge < -0.3 is 4.90 Å². The molecule has 0 unspecified atom stereocenters. The highest BCUT2D eigenvalue weighted by Crippen LogP contribution is 2.57. The summed E-state index contributed by atoms with van der Waals surface area (Å²) in [5.41, 5.74) is 15.0. The summed E-state index contributed by atoms with van der Waals surface area (Å²) in [5, 5.41) is 3.53. The van der Waals surface area contributed by atoms with Gasteiger partial charge in [-0.25, -0.2) is 4.98 Å². The third-order valence-corrected chi connectivity index (χ3v) is 12.6. The molecular formula is C54H36N2S. The number of aromatic nitrogens is 1. The van der Waals surface area contributed by atoms with Crippen LogP contribution in [0.15, 0.2) is 218 Å². The minimum absolute atomic E-state index is 0.499. The van der Waals surface area contributed by atoms with E-state index < -0.39 is 5.41 Å². The van der Waals surface area contributed by atoms with Crippen molar-refractivity contribution in [2.24, 2.45) is 0 Å². The average molecular weight is 745 g/mol. The molecule has 2 nitrogen and oxygen atoms in total. The lowest BCUT2D eigenvalue weighted by atomic mass is 9.67. The molecule has 0 saturated heterocycles. The van der Waals surface area contributed by atoms with Crippen LogP contribution in [0.25, 0.3) is 53.8 Å². The minimum Gasteiger partial charge on any atom is -0.310 e. The second kappa shape index (κ2) is 13.6. The summed E-state index contributed by atoms with van der Waals surface area (Å²) >= 11 is 1.74. The molecule has 0 aliphatic heterocycles. The Morgan fingerprint density at radius 3 is 1.75 bits per heavy atom. The third kappa shape index (κ3) is 5.43. The monoisotopic (exact) mass is 744 g/mol. The van der Waals surface area contributed by atoms with Gasteiger partial charge >= 0.3 is 0 Å². The molecule has 1 heterocycles. The van der Waals surface area contributed by atoms with Gasteiger partial charge in [-0.3, -0.25) is 0 Å². The smallest absolute Gasteiger partial charge is 0.124 e. The van der Waals surface area contributed by atoms with E-state index in [0.29, 0.717) is 0 Å². The Hall–Kier alpha value is -7.07. The molecule has 9 aromatic carbocycles. The second-order valence-electron chi connectivity index (χ2n) is 14.7. The first-order valence-corrected chi connectivity index (χ1v) is 20.3. The summed E-state index contributed by atoms with van der Waals surface area (Å²) in [6.45, 7) is 0. The Morgan fingerprint density at radius 1 is 0.404 bits per heavy atom. The van der Waals surface area contributed by atoms with Crippen LogP contribution in [-0.2, 0) is 5.41 Å². The number of hydrogen-bond acceptors (Lipinski definition) is 3. The first-order valence-electron chi connectivity index (χ1n) is 19.5. The lowest BCUT2D eigenvalue weighted by molar-refractivity contribution is 0.768. The second-order valence-corrected chi connectivity index (χ2v) is 15.7. The van der Waals surface area contributed by atoms with E-state index in [1.54, 1.807) is 11.3 Å². The van der Waals surface area contributed by atoms with Crippen LogP contribution < -0.4 is 4.90 Å². The van der Waals surface area contributed by atoms with Crippen molar-refractivity contribution in [3.63, 3.8) is 0 Å². The van der Waals surface area contributed by atoms with E-state index in [-0.39, 0.29) is 0 Å². The van der Waals surface area contributed by atoms with Crippen molar-refractivity contribution in [2.75, 3.05) is 4.90 Å². The van der Waals surface area contributed by atoms with E-state index in [9.17, 15) is 0 Å². The van der Waals surface area contributed by atoms with Gasteiger partial charge in [-0.1, -0.05) is 176 Å². The van der Waals surface area contributed by atoms with Gasteiger partial charge in [-0.15, -0.1) is 11.3 Å². The number of thiazole rings is 1. The molecule has 0 amide bonds. The van der Waals surface area contributed by atoms with Gasteiger partial charge in [0.15, 0.2) is 0 Å². The quantitative estimate of drug-likeness (QED) is 0.162. The molecule has 0 atom stereocenters. The molecule has 11 rings (SSSR count). The Bertz CT molecular complexity index is 3020.